The third kappa shape index (κ3) is 7.03. The smallest absolute Gasteiger partial charge is 0.320 e. The first kappa shape index (κ1) is 36.3. The highest BCUT2D eigenvalue weighted by atomic mass is 32.2. The van der Waals surface area contributed by atoms with Crippen molar-refractivity contribution in [1.82, 2.24) is 24.5 Å². The van der Waals surface area contributed by atoms with Crippen molar-refractivity contribution in [2.75, 3.05) is 27.2 Å². The topological polar surface area (TPSA) is 148 Å². The van der Waals surface area contributed by atoms with E-state index in [0.717, 1.165) is 40.9 Å². The Bertz CT molecular complexity index is 2040. The van der Waals surface area contributed by atoms with Crippen LogP contribution in [-0.2, 0) is 19.6 Å². The highest BCUT2D eigenvalue weighted by molar-refractivity contribution is 7.90. The molecular weight excluding hydrogens is 703 g/mol. The lowest BCUT2D eigenvalue weighted by molar-refractivity contribution is -0.131. The van der Waals surface area contributed by atoms with Gasteiger partial charge in [-0.25, -0.2) is 23.2 Å². The van der Waals surface area contributed by atoms with Crippen LogP contribution in [-0.4, -0.2) is 90.5 Å². The summed E-state index contributed by atoms with van der Waals surface area (Å²) >= 11 is 1.51. The summed E-state index contributed by atoms with van der Waals surface area (Å²) in [7, 11) is -0.436. The van der Waals surface area contributed by atoms with Crippen LogP contribution in [0, 0.1) is 18.3 Å². The Balaban J connectivity index is 1.21. The molecule has 4 heterocycles. The van der Waals surface area contributed by atoms with Crippen LogP contribution in [0.2, 0.25) is 0 Å². The van der Waals surface area contributed by atoms with Gasteiger partial charge >= 0.3 is 6.03 Å². The summed E-state index contributed by atoms with van der Waals surface area (Å²) in [5.74, 6) is 0.356. The lowest BCUT2D eigenvalue weighted by atomic mass is 9.91. The number of nitrogens with one attached hydrogen (secondary N) is 1. The number of hydrogen-bond donors (Lipinski definition) is 1. The number of methoxy groups -OCH3 is 1. The molecule has 2 saturated carbocycles. The maximum Gasteiger partial charge on any atom is 0.320 e. The number of allylic oxidation sites excluding steroid dienone is 2. The van der Waals surface area contributed by atoms with Crippen molar-refractivity contribution in [2.45, 2.75) is 95.5 Å². The number of carbonyl (C=O) groups is 3. The van der Waals surface area contributed by atoms with Crippen molar-refractivity contribution in [3.05, 3.63) is 47.0 Å². The molecule has 278 valence electrons. The van der Waals surface area contributed by atoms with Crippen LogP contribution in [0.15, 0.2) is 35.7 Å². The molecule has 3 amide bonds. The third-order valence-electron chi connectivity index (χ3n) is 11.0. The summed E-state index contributed by atoms with van der Waals surface area (Å²) in [6.07, 6.45) is 7.31. The van der Waals surface area contributed by atoms with E-state index in [1.807, 2.05) is 42.7 Å². The van der Waals surface area contributed by atoms with Gasteiger partial charge in [0.05, 0.1) is 41.6 Å². The molecule has 4 atom stereocenters. The lowest BCUT2D eigenvalue weighted by Crippen LogP contribution is -2.48. The molecule has 0 radical (unpaired) electrons. The summed E-state index contributed by atoms with van der Waals surface area (Å²) in [4.78, 5) is 55.1. The van der Waals surface area contributed by atoms with Gasteiger partial charge in [-0.1, -0.05) is 26.0 Å². The van der Waals surface area contributed by atoms with Crippen LogP contribution < -0.4 is 14.2 Å². The number of Topliss-reactive ketones (excluding diaryl/α,β-unsaturated/α-hetero) is 1. The van der Waals surface area contributed by atoms with E-state index < -0.39 is 38.7 Å². The Labute approximate surface area is 309 Å². The molecule has 2 aromatic heterocycles. The summed E-state index contributed by atoms with van der Waals surface area (Å²) in [5.41, 5.74) is 2.01. The molecule has 1 aromatic carbocycles. The van der Waals surface area contributed by atoms with Crippen molar-refractivity contribution in [3.8, 4) is 22.2 Å². The molecule has 14 heteroatoms. The van der Waals surface area contributed by atoms with Gasteiger partial charge in [0.25, 0.3) is 0 Å². The number of pyridine rings is 1. The van der Waals surface area contributed by atoms with Gasteiger partial charge in [-0.2, -0.15) is 0 Å². The highest BCUT2D eigenvalue weighted by Crippen LogP contribution is 2.57. The molecule has 2 aliphatic carbocycles. The second kappa shape index (κ2) is 14.1. The quantitative estimate of drug-likeness (QED) is 0.275. The number of hydrogen-bond acceptors (Lipinski definition) is 10. The molecule has 1 N–H and O–H groups in total. The number of benzene rings is 1. The Morgan fingerprint density at radius 2 is 1.92 bits per heavy atom. The maximum absolute atomic E-state index is 14.3. The van der Waals surface area contributed by atoms with Crippen LogP contribution in [0.5, 0.6) is 11.5 Å². The van der Waals surface area contributed by atoms with Gasteiger partial charge in [0.15, 0.2) is 5.78 Å². The standard InChI is InChI=1S/C38H47N5O7S2/c1-22(2)29-21-51-35(40-29)28-17-33(27-13-14-32(49-5)23(3)34(27)39-28)50-25-16-30-31(44)19-38(36(45)41-52(47,48)26-11-12-26)18-24(38)10-8-6-7-9-15-42(4)37(46)43(30)20-25/h8,10,13-14,17,21-22,24-26,30H,6-7,9,11-12,15-16,18-20H2,1-5H3,(H,41,45)/b10-8-/t24-,25-,30+,38-/m1/s1. The molecule has 12 nitrogen and oxygen atoms in total. The Kier molecular flexibility index (Phi) is 9.83. The third-order valence-corrected chi connectivity index (χ3v) is 13.7. The molecule has 7 rings (SSSR count). The van der Waals surface area contributed by atoms with Crippen molar-refractivity contribution >= 4 is 50.0 Å². The van der Waals surface area contributed by atoms with E-state index in [9.17, 15) is 22.8 Å². The first-order chi connectivity index (χ1) is 24.8. The number of fused-ring (bicyclic) bond motifs is 3. The molecule has 3 aromatic rings. The minimum absolute atomic E-state index is 0.164. The average Bonchev–Trinajstić information content (AvgIpc) is 3.98. The van der Waals surface area contributed by atoms with Gasteiger partial charge in [0.2, 0.25) is 15.9 Å². The van der Waals surface area contributed by atoms with Crippen LogP contribution in [0.25, 0.3) is 21.6 Å². The van der Waals surface area contributed by atoms with Crippen molar-refractivity contribution in [3.63, 3.8) is 0 Å². The number of urea groups is 1. The predicted octanol–water partition coefficient (Wildman–Crippen LogP) is 5.99. The number of ether oxygens (including phenoxy) is 2. The monoisotopic (exact) mass is 749 g/mol. The van der Waals surface area contributed by atoms with E-state index in [-0.39, 0.29) is 43.0 Å². The average molecular weight is 750 g/mol. The largest absolute Gasteiger partial charge is 0.496 e. The molecule has 2 aliphatic heterocycles. The van der Waals surface area contributed by atoms with E-state index >= 15 is 0 Å². The molecule has 0 spiro atoms. The minimum Gasteiger partial charge on any atom is -0.496 e. The van der Waals surface area contributed by atoms with E-state index in [0.29, 0.717) is 48.5 Å². The van der Waals surface area contributed by atoms with Crippen LogP contribution in [0.3, 0.4) is 0 Å². The first-order valence-electron chi connectivity index (χ1n) is 18.2. The molecule has 0 unspecified atom stereocenters. The number of ketones is 1. The molecule has 3 fully saturated rings. The molecule has 0 bridgehead atoms. The molecule has 1 saturated heterocycles. The van der Waals surface area contributed by atoms with Gasteiger partial charge in [-0.15, -0.1) is 11.3 Å². The van der Waals surface area contributed by atoms with Crippen molar-refractivity contribution in [2.24, 2.45) is 11.3 Å². The zero-order valence-corrected chi connectivity index (χ0v) is 32.0. The number of aryl methyl sites for hydroxylation is 1. The minimum atomic E-state index is -3.80. The van der Waals surface area contributed by atoms with E-state index in [2.05, 4.69) is 18.6 Å². The number of nitrogens with zero attached hydrogens (tertiary/aromatic N) is 4. The lowest BCUT2D eigenvalue weighted by Gasteiger charge is -2.29. The van der Waals surface area contributed by atoms with Gasteiger partial charge < -0.3 is 19.3 Å². The van der Waals surface area contributed by atoms with Gasteiger partial charge in [-0.05, 0) is 69.4 Å². The number of thiazole rings is 1. The van der Waals surface area contributed by atoms with Crippen LogP contribution in [0.1, 0.15) is 82.4 Å². The van der Waals surface area contributed by atoms with Crippen molar-refractivity contribution in [1.29, 1.82) is 0 Å². The maximum atomic E-state index is 14.3. The summed E-state index contributed by atoms with van der Waals surface area (Å²) < 4.78 is 40.3. The summed E-state index contributed by atoms with van der Waals surface area (Å²) in [6, 6.07) is 4.53. The summed E-state index contributed by atoms with van der Waals surface area (Å²) in [5, 5.41) is 3.00. The Morgan fingerprint density at radius 1 is 1.13 bits per heavy atom. The van der Waals surface area contributed by atoms with Crippen LogP contribution >= 0.6 is 11.3 Å². The number of rotatable bonds is 8. The van der Waals surface area contributed by atoms with Gasteiger partial charge in [-0.3, -0.25) is 14.3 Å². The Morgan fingerprint density at radius 3 is 2.63 bits per heavy atom. The fraction of sp³-hybridized carbons (Fsp3) is 0.553. The zero-order chi connectivity index (χ0) is 36.9. The van der Waals surface area contributed by atoms with E-state index in [1.165, 1.54) is 11.3 Å². The molecule has 4 aliphatic rings. The second-order valence-corrected chi connectivity index (χ2v) is 17.9. The predicted molar refractivity (Wildman–Crippen MR) is 199 cm³/mol. The number of aromatic nitrogens is 2. The van der Waals surface area contributed by atoms with E-state index in [4.69, 9.17) is 19.4 Å². The normalized spacial score (nSPS) is 26.2. The fourth-order valence-electron chi connectivity index (χ4n) is 7.49. The molecular formula is C38H47N5O7S2. The number of carbonyl (C=O) groups excluding carboxylic acids is 3. The Hall–Kier alpha value is -4.04. The second-order valence-electron chi connectivity index (χ2n) is 15.1. The first-order valence-corrected chi connectivity index (χ1v) is 20.6. The van der Waals surface area contributed by atoms with E-state index in [1.54, 1.807) is 24.0 Å². The van der Waals surface area contributed by atoms with Crippen molar-refractivity contribution < 1.29 is 32.3 Å². The van der Waals surface area contributed by atoms with Gasteiger partial charge in [0.1, 0.15) is 28.3 Å². The fourth-order valence-corrected chi connectivity index (χ4v) is 9.82. The van der Waals surface area contributed by atoms with Crippen LogP contribution in [0.4, 0.5) is 4.79 Å². The molecule has 52 heavy (non-hydrogen) atoms. The highest BCUT2D eigenvalue weighted by Gasteiger charge is 2.61. The SMILES string of the molecule is COc1ccc2c(O[C@@H]3C[C@H]4C(=O)C[C@]5(C(=O)NS(=O)(=O)C6CC6)C[C@H]5/C=C\CCCCN(C)C(=O)N4C3)cc(-c3nc(C(C)C)cs3)nc2c1C. The zero-order valence-electron chi connectivity index (χ0n) is 30.4. The summed E-state index contributed by atoms with van der Waals surface area (Å²) in [6.45, 7) is 6.84. The van der Waals surface area contributed by atoms with Gasteiger partial charge in [0, 0.05) is 48.8 Å². The number of amides is 3. The number of sulfonamides is 1.